The fourth-order valence-electron chi connectivity index (χ4n) is 4.54. The third-order valence-electron chi connectivity index (χ3n) is 6.07. The van der Waals surface area contributed by atoms with Crippen molar-refractivity contribution in [1.82, 2.24) is 4.90 Å². The van der Waals surface area contributed by atoms with E-state index >= 15 is 0 Å². The van der Waals surface area contributed by atoms with Crippen molar-refractivity contribution in [2.45, 2.75) is 37.8 Å². The molecule has 2 unspecified atom stereocenters. The second kappa shape index (κ2) is 6.72. The summed E-state index contributed by atoms with van der Waals surface area (Å²) in [7, 11) is 3.27. The van der Waals surface area contributed by atoms with Crippen LogP contribution in [0, 0.1) is 5.92 Å². The Morgan fingerprint density at radius 2 is 2.03 bits per heavy atom. The van der Waals surface area contributed by atoms with Gasteiger partial charge in [-0.3, -0.25) is 9.59 Å². The van der Waals surface area contributed by atoms with Crippen LogP contribution in [0.4, 0.5) is 5.69 Å². The number of hydrogen-bond donors (Lipinski definition) is 1. The molecule has 8 heteroatoms. The van der Waals surface area contributed by atoms with E-state index in [0.717, 1.165) is 42.4 Å². The lowest BCUT2D eigenvalue weighted by atomic mass is 9.89. The molecule has 3 aliphatic heterocycles. The third kappa shape index (κ3) is 2.82. The molecule has 1 aliphatic carbocycles. The standard InChI is InChI=1S/C21H22N4O4/c1-25-10-15(14-9-22-24-17(14)21(25)27)13-7-12(28-2)8-16-19(13)29-18(20(26)23-16)11-5-3-4-6-11/h7-11,17-18H,3-6H2,1-2H3,(H,23,26). The van der Waals surface area contributed by atoms with Crippen LogP contribution in [-0.2, 0) is 9.59 Å². The number of carbonyl (C=O) groups is 2. The number of methoxy groups -OCH3 is 1. The Kier molecular flexibility index (Phi) is 4.15. The first kappa shape index (κ1) is 17.9. The number of hydrogen-bond acceptors (Lipinski definition) is 6. The van der Waals surface area contributed by atoms with E-state index in [9.17, 15) is 9.59 Å². The highest BCUT2D eigenvalue weighted by atomic mass is 16.5. The number of rotatable bonds is 3. The Bertz CT molecular complexity index is 991. The molecule has 1 aromatic rings. The van der Waals surface area contributed by atoms with Gasteiger partial charge in [-0.2, -0.15) is 10.2 Å². The monoisotopic (exact) mass is 394 g/mol. The maximum Gasteiger partial charge on any atom is 0.265 e. The van der Waals surface area contributed by atoms with Crippen molar-refractivity contribution in [2.75, 3.05) is 19.5 Å². The highest BCUT2D eigenvalue weighted by Crippen LogP contribution is 2.46. The summed E-state index contributed by atoms with van der Waals surface area (Å²) in [5, 5.41) is 11.0. The van der Waals surface area contributed by atoms with Gasteiger partial charge in [-0.1, -0.05) is 12.8 Å². The normalized spacial score (nSPS) is 25.8. The van der Waals surface area contributed by atoms with E-state index in [1.54, 1.807) is 32.6 Å². The lowest BCUT2D eigenvalue weighted by molar-refractivity contribution is -0.128. The number of nitrogens with zero attached hydrogens (tertiary/aromatic N) is 3. The minimum absolute atomic E-state index is 0.114. The zero-order chi connectivity index (χ0) is 20.1. The van der Waals surface area contributed by atoms with Gasteiger partial charge in [0.15, 0.2) is 17.9 Å². The van der Waals surface area contributed by atoms with Gasteiger partial charge in [-0.25, -0.2) is 0 Å². The summed E-state index contributed by atoms with van der Waals surface area (Å²) in [6, 6.07) is 2.98. The van der Waals surface area contributed by atoms with Crippen molar-refractivity contribution in [3.05, 3.63) is 35.7 Å². The summed E-state index contributed by atoms with van der Waals surface area (Å²) >= 11 is 0. The van der Waals surface area contributed by atoms with E-state index in [4.69, 9.17) is 9.47 Å². The number of fused-ring (bicyclic) bond motifs is 2. The molecule has 2 amide bonds. The van der Waals surface area contributed by atoms with Gasteiger partial charge >= 0.3 is 0 Å². The number of anilines is 1. The summed E-state index contributed by atoms with van der Waals surface area (Å²) in [5.74, 6) is 1.16. The van der Waals surface area contributed by atoms with Crippen LogP contribution in [0.15, 0.2) is 40.3 Å². The maximum absolute atomic E-state index is 12.7. The van der Waals surface area contributed by atoms with Crippen LogP contribution >= 0.6 is 0 Å². The SMILES string of the molecule is COc1cc2c(c(C3=CN(C)C(=O)C4N=NC=C34)c1)OC(C1CCCC1)C(=O)N2. The number of benzene rings is 1. The fourth-order valence-corrected chi connectivity index (χ4v) is 4.54. The molecule has 5 rings (SSSR count). The van der Waals surface area contributed by atoms with Gasteiger partial charge in [0.25, 0.3) is 11.8 Å². The first-order chi connectivity index (χ1) is 14.1. The summed E-state index contributed by atoms with van der Waals surface area (Å²) < 4.78 is 11.8. The average Bonchev–Trinajstić information content (AvgIpc) is 3.41. The largest absolute Gasteiger partial charge is 0.497 e. The first-order valence-electron chi connectivity index (χ1n) is 9.85. The highest BCUT2D eigenvalue weighted by Gasteiger charge is 2.40. The van der Waals surface area contributed by atoms with E-state index < -0.39 is 12.1 Å². The van der Waals surface area contributed by atoms with Gasteiger partial charge in [-0.15, -0.1) is 0 Å². The summed E-state index contributed by atoms with van der Waals surface area (Å²) in [6.45, 7) is 0. The number of nitrogens with one attached hydrogen (secondary N) is 1. The van der Waals surface area contributed by atoms with E-state index in [2.05, 4.69) is 15.5 Å². The highest BCUT2D eigenvalue weighted by molar-refractivity contribution is 6.03. The van der Waals surface area contributed by atoms with Crippen LogP contribution in [0.25, 0.3) is 5.57 Å². The van der Waals surface area contributed by atoms with E-state index in [-0.39, 0.29) is 17.7 Å². The number of amides is 2. The van der Waals surface area contributed by atoms with Crippen molar-refractivity contribution in [3.63, 3.8) is 0 Å². The van der Waals surface area contributed by atoms with Crippen LogP contribution in [0.3, 0.4) is 0 Å². The second-order valence-corrected chi connectivity index (χ2v) is 7.83. The van der Waals surface area contributed by atoms with Gasteiger partial charge in [0.1, 0.15) is 5.75 Å². The second-order valence-electron chi connectivity index (χ2n) is 7.83. The molecule has 0 aromatic heterocycles. The van der Waals surface area contributed by atoms with E-state index in [1.807, 2.05) is 6.07 Å². The minimum atomic E-state index is -0.648. The molecule has 4 aliphatic rings. The van der Waals surface area contributed by atoms with Gasteiger partial charge in [0, 0.05) is 41.9 Å². The molecule has 1 saturated carbocycles. The summed E-state index contributed by atoms with van der Waals surface area (Å²) in [5.41, 5.74) is 2.84. The summed E-state index contributed by atoms with van der Waals surface area (Å²) in [6.07, 6.45) is 7.09. The minimum Gasteiger partial charge on any atom is -0.497 e. The maximum atomic E-state index is 12.7. The molecular formula is C21H22N4O4. The predicted molar refractivity (Wildman–Crippen MR) is 105 cm³/mol. The molecule has 3 heterocycles. The quantitative estimate of drug-likeness (QED) is 0.853. The van der Waals surface area contributed by atoms with Crippen LogP contribution in [-0.4, -0.2) is 43.0 Å². The van der Waals surface area contributed by atoms with Crippen molar-refractivity contribution in [1.29, 1.82) is 0 Å². The lowest BCUT2D eigenvalue weighted by Crippen LogP contribution is -2.42. The Morgan fingerprint density at radius 1 is 1.24 bits per heavy atom. The first-order valence-corrected chi connectivity index (χ1v) is 9.85. The van der Waals surface area contributed by atoms with Gasteiger partial charge in [0.2, 0.25) is 0 Å². The zero-order valence-corrected chi connectivity index (χ0v) is 16.3. The van der Waals surface area contributed by atoms with Gasteiger partial charge < -0.3 is 19.7 Å². The fraction of sp³-hybridized carbons (Fsp3) is 0.429. The number of ether oxygens (including phenoxy) is 2. The summed E-state index contributed by atoms with van der Waals surface area (Å²) in [4.78, 5) is 26.7. The molecule has 150 valence electrons. The van der Waals surface area contributed by atoms with Gasteiger partial charge in [0.05, 0.1) is 19.0 Å². The molecule has 0 spiro atoms. The van der Waals surface area contributed by atoms with Crippen molar-refractivity contribution >= 4 is 23.1 Å². The average molecular weight is 394 g/mol. The number of likely N-dealkylation sites (N-methyl/N-ethyl adjacent to an activating group) is 1. The topological polar surface area (TPSA) is 92.6 Å². The Balaban J connectivity index is 1.62. The molecule has 2 atom stereocenters. The van der Waals surface area contributed by atoms with Crippen LogP contribution < -0.4 is 14.8 Å². The molecule has 0 saturated heterocycles. The molecule has 1 aromatic carbocycles. The third-order valence-corrected chi connectivity index (χ3v) is 6.07. The molecular weight excluding hydrogens is 372 g/mol. The molecule has 0 bridgehead atoms. The Labute approximate surface area is 168 Å². The molecule has 8 nitrogen and oxygen atoms in total. The number of azo groups is 1. The predicted octanol–water partition coefficient (Wildman–Crippen LogP) is 3.12. The van der Waals surface area contributed by atoms with Gasteiger partial charge in [-0.05, 0) is 18.9 Å². The van der Waals surface area contributed by atoms with Crippen molar-refractivity contribution in [3.8, 4) is 11.5 Å². The molecule has 29 heavy (non-hydrogen) atoms. The molecule has 1 fully saturated rings. The van der Waals surface area contributed by atoms with E-state index in [1.165, 1.54) is 4.90 Å². The molecule has 0 radical (unpaired) electrons. The molecule has 1 N–H and O–H groups in total. The van der Waals surface area contributed by atoms with Crippen LogP contribution in [0.2, 0.25) is 0 Å². The van der Waals surface area contributed by atoms with Crippen molar-refractivity contribution < 1.29 is 19.1 Å². The lowest BCUT2D eigenvalue weighted by Gasteiger charge is -2.33. The number of carbonyl (C=O) groups excluding carboxylic acids is 2. The zero-order valence-electron chi connectivity index (χ0n) is 16.3. The Morgan fingerprint density at radius 3 is 2.79 bits per heavy atom. The Hall–Kier alpha value is -3.16. The van der Waals surface area contributed by atoms with E-state index in [0.29, 0.717) is 17.2 Å². The van der Waals surface area contributed by atoms with Crippen LogP contribution in [0.5, 0.6) is 11.5 Å². The van der Waals surface area contributed by atoms with Crippen LogP contribution in [0.1, 0.15) is 31.2 Å². The smallest absolute Gasteiger partial charge is 0.265 e. The van der Waals surface area contributed by atoms with Crippen molar-refractivity contribution in [2.24, 2.45) is 16.1 Å².